The monoisotopic (exact) mass is 343 g/mol. The summed E-state index contributed by atoms with van der Waals surface area (Å²) in [4.78, 5) is 23.3. The maximum atomic E-state index is 12.6. The van der Waals surface area contributed by atoms with E-state index in [-0.39, 0.29) is 12.0 Å². The fourth-order valence-corrected chi connectivity index (χ4v) is 3.15. The van der Waals surface area contributed by atoms with Crippen LogP contribution in [0.2, 0.25) is 0 Å². The van der Waals surface area contributed by atoms with E-state index in [9.17, 15) is 4.79 Å². The number of hydrogen-bond acceptors (Lipinski definition) is 5. The van der Waals surface area contributed by atoms with Crippen LogP contribution in [-0.4, -0.2) is 50.3 Å². The van der Waals surface area contributed by atoms with Gasteiger partial charge in [-0.2, -0.15) is 5.10 Å². The molecular weight excluding hydrogens is 318 g/mol. The molecule has 1 aliphatic rings. The summed E-state index contributed by atoms with van der Waals surface area (Å²) in [6.07, 6.45) is 2.86. The van der Waals surface area contributed by atoms with Crippen LogP contribution in [0.15, 0.2) is 12.3 Å². The van der Waals surface area contributed by atoms with Crippen molar-refractivity contribution in [3.05, 3.63) is 40.7 Å². The minimum atomic E-state index is -0.182. The molecule has 134 valence electrons. The van der Waals surface area contributed by atoms with Crippen LogP contribution < -0.4 is 0 Å². The van der Waals surface area contributed by atoms with Crippen molar-refractivity contribution < 1.29 is 9.53 Å². The molecule has 0 radical (unpaired) electrons. The molecule has 0 saturated carbocycles. The number of nitrogens with zero attached hydrogens (tertiary/aromatic N) is 5. The molecule has 0 aliphatic carbocycles. The average molecular weight is 343 g/mol. The molecular formula is C18H25N5O2. The Morgan fingerprint density at radius 2 is 2.12 bits per heavy atom. The zero-order chi connectivity index (χ0) is 18.0. The lowest BCUT2D eigenvalue weighted by atomic mass is 10.1. The van der Waals surface area contributed by atoms with Crippen molar-refractivity contribution in [2.24, 2.45) is 7.05 Å². The summed E-state index contributed by atoms with van der Waals surface area (Å²) < 4.78 is 7.68. The standard InChI is InChI=1S/C18H25N5O2/c1-12-9-16(21-14(3)20-12)17-11-23(7-8-25-17)18(24)6-5-15-10-19-22(4)13(15)2/h9-10,17H,5-8,11H2,1-4H3/t17-/m1/s1. The highest BCUT2D eigenvalue weighted by atomic mass is 16.5. The highest BCUT2D eigenvalue weighted by molar-refractivity contribution is 5.76. The third-order valence-corrected chi connectivity index (χ3v) is 4.68. The summed E-state index contributed by atoms with van der Waals surface area (Å²) >= 11 is 0. The smallest absolute Gasteiger partial charge is 0.223 e. The second kappa shape index (κ2) is 7.31. The van der Waals surface area contributed by atoms with Crippen LogP contribution in [0.3, 0.4) is 0 Å². The quantitative estimate of drug-likeness (QED) is 0.844. The molecule has 25 heavy (non-hydrogen) atoms. The normalized spacial score (nSPS) is 17.8. The number of carbonyl (C=O) groups is 1. The van der Waals surface area contributed by atoms with Crippen molar-refractivity contribution in [3.63, 3.8) is 0 Å². The molecule has 7 heteroatoms. The van der Waals surface area contributed by atoms with Gasteiger partial charge in [-0.3, -0.25) is 9.48 Å². The van der Waals surface area contributed by atoms with Crippen LogP contribution in [0.4, 0.5) is 0 Å². The lowest BCUT2D eigenvalue weighted by Crippen LogP contribution is -2.42. The van der Waals surface area contributed by atoms with Crippen molar-refractivity contribution in [1.82, 2.24) is 24.6 Å². The topological polar surface area (TPSA) is 73.1 Å². The Kier molecular flexibility index (Phi) is 5.13. The van der Waals surface area contributed by atoms with E-state index >= 15 is 0 Å². The second-order valence-corrected chi connectivity index (χ2v) is 6.56. The Bertz CT molecular complexity index is 751. The van der Waals surface area contributed by atoms with Crippen molar-refractivity contribution in [2.75, 3.05) is 19.7 Å². The van der Waals surface area contributed by atoms with Gasteiger partial charge in [0, 0.05) is 31.4 Å². The van der Waals surface area contributed by atoms with Crippen LogP contribution in [0, 0.1) is 20.8 Å². The predicted molar refractivity (Wildman–Crippen MR) is 93.0 cm³/mol. The van der Waals surface area contributed by atoms with Crippen LogP contribution in [0.1, 0.15) is 41.0 Å². The summed E-state index contributed by atoms with van der Waals surface area (Å²) in [7, 11) is 1.92. The van der Waals surface area contributed by atoms with Gasteiger partial charge in [-0.1, -0.05) is 0 Å². The number of rotatable bonds is 4. The number of aryl methyl sites for hydroxylation is 4. The Balaban J connectivity index is 1.62. The summed E-state index contributed by atoms with van der Waals surface area (Å²) in [6, 6.07) is 1.94. The van der Waals surface area contributed by atoms with Crippen molar-refractivity contribution in [3.8, 4) is 0 Å². The minimum absolute atomic E-state index is 0.152. The van der Waals surface area contributed by atoms with Gasteiger partial charge >= 0.3 is 0 Å². The third kappa shape index (κ3) is 4.04. The van der Waals surface area contributed by atoms with Crippen molar-refractivity contribution in [1.29, 1.82) is 0 Å². The van der Waals surface area contributed by atoms with Gasteiger partial charge in [0.05, 0.1) is 25.0 Å². The lowest BCUT2D eigenvalue weighted by molar-refractivity contribution is -0.139. The number of carbonyl (C=O) groups excluding carboxylic acids is 1. The number of aromatic nitrogens is 4. The molecule has 3 rings (SSSR count). The van der Waals surface area contributed by atoms with E-state index in [1.54, 1.807) is 0 Å². The zero-order valence-electron chi connectivity index (χ0n) is 15.3. The Hall–Kier alpha value is -2.28. The molecule has 2 aromatic heterocycles. The summed E-state index contributed by atoms with van der Waals surface area (Å²) in [6.45, 7) is 7.55. The van der Waals surface area contributed by atoms with Gasteiger partial charge in [-0.25, -0.2) is 9.97 Å². The second-order valence-electron chi connectivity index (χ2n) is 6.56. The summed E-state index contributed by atoms with van der Waals surface area (Å²) in [5, 5.41) is 4.23. The Labute approximate surface area is 148 Å². The maximum absolute atomic E-state index is 12.6. The fraction of sp³-hybridized carbons (Fsp3) is 0.556. The van der Waals surface area contributed by atoms with E-state index in [0.29, 0.717) is 32.5 Å². The average Bonchev–Trinajstić information content (AvgIpc) is 2.91. The molecule has 0 spiro atoms. The molecule has 1 saturated heterocycles. The molecule has 0 unspecified atom stereocenters. The van der Waals surface area contributed by atoms with E-state index < -0.39 is 0 Å². The van der Waals surface area contributed by atoms with Gasteiger partial charge in [0.25, 0.3) is 0 Å². The number of ether oxygens (including phenoxy) is 1. The zero-order valence-corrected chi connectivity index (χ0v) is 15.3. The number of amides is 1. The van der Waals surface area contributed by atoms with Crippen LogP contribution in [0.5, 0.6) is 0 Å². The van der Waals surface area contributed by atoms with E-state index in [2.05, 4.69) is 15.1 Å². The predicted octanol–water partition coefficient (Wildman–Crippen LogP) is 1.67. The number of hydrogen-bond donors (Lipinski definition) is 0. The maximum Gasteiger partial charge on any atom is 0.223 e. The van der Waals surface area contributed by atoms with Gasteiger partial charge in [-0.05, 0) is 38.8 Å². The lowest BCUT2D eigenvalue weighted by Gasteiger charge is -2.33. The minimum Gasteiger partial charge on any atom is -0.368 e. The molecule has 2 aromatic rings. The largest absolute Gasteiger partial charge is 0.368 e. The van der Waals surface area contributed by atoms with E-state index in [0.717, 1.165) is 28.5 Å². The molecule has 0 aromatic carbocycles. The first kappa shape index (κ1) is 17.5. The van der Waals surface area contributed by atoms with Crippen LogP contribution in [0.25, 0.3) is 0 Å². The first-order valence-corrected chi connectivity index (χ1v) is 8.63. The molecule has 1 amide bonds. The molecule has 3 heterocycles. The first-order chi connectivity index (χ1) is 11.9. The molecule has 7 nitrogen and oxygen atoms in total. The van der Waals surface area contributed by atoms with Crippen molar-refractivity contribution >= 4 is 5.91 Å². The van der Waals surface area contributed by atoms with Gasteiger partial charge in [0.1, 0.15) is 11.9 Å². The Morgan fingerprint density at radius 1 is 1.32 bits per heavy atom. The summed E-state index contributed by atoms with van der Waals surface area (Å²) in [5.74, 6) is 0.883. The van der Waals surface area contributed by atoms with Gasteiger partial charge in [-0.15, -0.1) is 0 Å². The molecule has 1 fully saturated rings. The van der Waals surface area contributed by atoms with Gasteiger partial charge < -0.3 is 9.64 Å². The highest BCUT2D eigenvalue weighted by Gasteiger charge is 2.26. The van der Waals surface area contributed by atoms with E-state index in [4.69, 9.17) is 4.74 Å². The molecule has 0 bridgehead atoms. The number of morpholine rings is 1. The van der Waals surface area contributed by atoms with E-state index in [1.165, 1.54) is 0 Å². The van der Waals surface area contributed by atoms with Gasteiger partial charge in [0.15, 0.2) is 0 Å². The molecule has 1 atom stereocenters. The van der Waals surface area contributed by atoms with Gasteiger partial charge in [0.2, 0.25) is 5.91 Å². The molecule has 0 N–H and O–H groups in total. The molecule has 1 aliphatic heterocycles. The first-order valence-electron chi connectivity index (χ1n) is 8.63. The van der Waals surface area contributed by atoms with E-state index in [1.807, 2.05) is 49.7 Å². The Morgan fingerprint density at radius 3 is 2.80 bits per heavy atom. The van der Waals surface area contributed by atoms with Crippen molar-refractivity contribution in [2.45, 2.75) is 39.7 Å². The third-order valence-electron chi connectivity index (χ3n) is 4.68. The summed E-state index contributed by atoms with van der Waals surface area (Å²) in [5.41, 5.74) is 4.01. The van der Waals surface area contributed by atoms with Crippen LogP contribution >= 0.6 is 0 Å². The SMILES string of the molecule is Cc1cc([C@H]2CN(C(=O)CCc3cnn(C)c3C)CCO2)nc(C)n1. The fourth-order valence-electron chi connectivity index (χ4n) is 3.15. The highest BCUT2D eigenvalue weighted by Crippen LogP contribution is 2.22. The van der Waals surface area contributed by atoms with Crippen LogP contribution in [-0.2, 0) is 23.0 Å².